The molecule has 0 bridgehead atoms. The Kier molecular flexibility index (Phi) is 5.96. The van der Waals surface area contributed by atoms with E-state index < -0.39 is 24.1 Å². The lowest BCUT2D eigenvalue weighted by Crippen LogP contribution is -2.49. The third-order valence-electron chi connectivity index (χ3n) is 4.61. The quantitative estimate of drug-likeness (QED) is 0.720. The molecule has 1 amide bonds. The van der Waals surface area contributed by atoms with Gasteiger partial charge in [0.25, 0.3) is 0 Å². The zero-order valence-corrected chi connectivity index (χ0v) is 13.9. The molecule has 1 unspecified atom stereocenters. The fourth-order valence-electron chi connectivity index (χ4n) is 3.22. The van der Waals surface area contributed by atoms with Crippen molar-refractivity contribution in [1.82, 2.24) is 4.90 Å². The maximum absolute atomic E-state index is 12.3. The van der Waals surface area contributed by atoms with Crippen LogP contribution in [-0.4, -0.2) is 57.4 Å². The van der Waals surface area contributed by atoms with Gasteiger partial charge in [0.05, 0.1) is 24.5 Å². The van der Waals surface area contributed by atoms with E-state index in [0.717, 1.165) is 11.1 Å². The minimum absolute atomic E-state index is 0.350. The average Bonchev–Trinajstić information content (AvgIpc) is 2.52. The molecule has 1 aromatic rings. The largest absolute Gasteiger partial charge is 0.481 e. The van der Waals surface area contributed by atoms with E-state index in [0.29, 0.717) is 32.4 Å². The minimum Gasteiger partial charge on any atom is -0.481 e. The number of carbonyl (C=O) groups excluding carboxylic acids is 1. The van der Waals surface area contributed by atoms with Crippen molar-refractivity contribution in [2.45, 2.75) is 38.2 Å². The Hall–Kier alpha value is -1.92. The Morgan fingerprint density at radius 2 is 1.96 bits per heavy atom. The highest BCUT2D eigenvalue weighted by molar-refractivity contribution is 5.83. The summed E-state index contributed by atoms with van der Waals surface area (Å²) in [5.74, 6) is -2.36. The van der Waals surface area contributed by atoms with Crippen molar-refractivity contribution in [2.75, 3.05) is 19.7 Å². The Morgan fingerprint density at radius 1 is 1.29 bits per heavy atom. The zero-order chi connectivity index (χ0) is 17.7. The molecule has 3 N–H and O–H groups in total. The first-order valence-corrected chi connectivity index (χ1v) is 8.22. The highest BCUT2D eigenvalue weighted by atomic mass is 16.4. The summed E-state index contributed by atoms with van der Waals surface area (Å²) in [7, 11) is 0. The van der Waals surface area contributed by atoms with Crippen molar-refractivity contribution in [1.29, 1.82) is 0 Å². The van der Waals surface area contributed by atoms with E-state index in [2.05, 4.69) is 0 Å². The molecular formula is C18H25NO5. The predicted octanol–water partition coefficient (Wildman–Crippen LogP) is 0.974. The van der Waals surface area contributed by atoms with Gasteiger partial charge in [0.2, 0.25) is 5.91 Å². The van der Waals surface area contributed by atoms with Gasteiger partial charge in [-0.25, -0.2) is 0 Å². The number of rotatable bonds is 6. The van der Waals surface area contributed by atoms with Gasteiger partial charge in [-0.3, -0.25) is 9.59 Å². The van der Waals surface area contributed by atoms with Gasteiger partial charge in [-0.1, -0.05) is 29.8 Å². The van der Waals surface area contributed by atoms with Crippen molar-refractivity contribution < 1.29 is 24.9 Å². The second-order valence-electron chi connectivity index (χ2n) is 6.69. The summed E-state index contributed by atoms with van der Waals surface area (Å²) in [6, 6.07) is 8.00. The van der Waals surface area contributed by atoms with Crippen LogP contribution in [0.4, 0.5) is 0 Å². The molecule has 24 heavy (non-hydrogen) atoms. The second-order valence-corrected chi connectivity index (χ2v) is 6.69. The van der Waals surface area contributed by atoms with Gasteiger partial charge in [-0.2, -0.15) is 0 Å². The number of likely N-dealkylation sites (tertiary alicyclic amines) is 1. The highest BCUT2D eigenvalue weighted by Gasteiger charge is 2.36. The number of aliphatic hydroxyl groups excluding tert-OH is 1. The number of amides is 1. The van der Waals surface area contributed by atoms with E-state index in [1.807, 2.05) is 31.2 Å². The molecular weight excluding hydrogens is 310 g/mol. The lowest BCUT2D eigenvalue weighted by atomic mass is 9.84. The number of carboxylic acid groups (broad SMARTS) is 1. The maximum atomic E-state index is 12.3. The number of aryl methyl sites for hydroxylation is 1. The van der Waals surface area contributed by atoms with Crippen molar-refractivity contribution in [3.05, 3.63) is 35.4 Å². The van der Waals surface area contributed by atoms with Gasteiger partial charge in [0, 0.05) is 19.5 Å². The molecule has 1 atom stereocenters. The number of hydrogen-bond donors (Lipinski definition) is 3. The molecule has 1 heterocycles. The van der Waals surface area contributed by atoms with E-state index in [1.54, 1.807) is 4.90 Å². The standard InChI is InChI=1S/C18H25NO5/c1-13-3-2-4-14(9-13)11-18(24)5-7-19(8-6-18)17(23)15(12-20)10-16(21)22/h2-4,9,15,20,24H,5-8,10-12H2,1H3,(H,21,22). The predicted molar refractivity (Wildman–Crippen MR) is 88.5 cm³/mol. The van der Waals surface area contributed by atoms with Gasteiger partial charge in [-0.15, -0.1) is 0 Å². The number of carbonyl (C=O) groups is 2. The lowest BCUT2D eigenvalue weighted by Gasteiger charge is -2.39. The summed E-state index contributed by atoms with van der Waals surface area (Å²) in [6.07, 6.45) is 1.05. The lowest BCUT2D eigenvalue weighted by molar-refractivity contribution is -0.148. The van der Waals surface area contributed by atoms with E-state index >= 15 is 0 Å². The normalized spacial score (nSPS) is 18.2. The van der Waals surface area contributed by atoms with Gasteiger partial charge < -0.3 is 20.2 Å². The first kappa shape index (κ1) is 18.4. The van der Waals surface area contributed by atoms with Crippen LogP contribution in [0.1, 0.15) is 30.4 Å². The molecule has 1 aromatic carbocycles. The highest BCUT2D eigenvalue weighted by Crippen LogP contribution is 2.27. The maximum Gasteiger partial charge on any atom is 0.304 e. The van der Waals surface area contributed by atoms with Crippen LogP contribution < -0.4 is 0 Å². The van der Waals surface area contributed by atoms with Crippen LogP contribution in [0, 0.1) is 12.8 Å². The minimum atomic E-state index is -1.10. The van der Waals surface area contributed by atoms with Gasteiger partial charge in [-0.05, 0) is 25.3 Å². The summed E-state index contributed by atoms with van der Waals surface area (Å²) in [6.45, 7) is 2.27. The summed E-state index contributed by atoms with van der Waals surface area (Å²) >= 11 is 0. The van der Waals surface area contributed by atoms with Crippen molar-refractivity contribution in [3.63, 3.8) is 0 Å². The Bertz CT molecular complexity index is 593. The molecule has 1 saturated heterocycles. The molecule has 0 aromatic heterocycles. The molecule has 1 aliphatic heterocycles. The van der Waals surface area contributed by atoms with Crippen LogP contribution in [-0.2, 0) is 16.0 Å². The van der Waals surface area contributed by atoms with E-state index in [9.17, 15) is 19.8 Å². The third-order valence-corrected chi connectivity index (χ3v) is 4.61. The van der Waals surface area contributed by atoms with Gasteiger partial charge in [0.15, 0.2) is 0 Å². The fraction of sp³-hybridized carbons (Fsp3) is 0.556. The van der Waals surface area contributed by atoms with Crippen LogP contribution in [0.25, 0.3) is 0 Å². The summed E-state index contributed by atoms with van der Waals surface area (Å²) in [5, 5.41) is 28.8. The van der Waals surface area contributed by atoms with Crippen LogP contribution in [0.15, 0.2) is 24.3 Å². The van der Waals surface area contributed by atoms with Crippen LogP contribution in [0.2, 0.25) is 0 Å². The summed E-state index contributed by atoms with van der Waals surface area (Å²) in [5.41, 5.74) is 1.35. The number of nitrogens with zero attached hydrogens (tertiary/aromatic N) is 1. The molecule has 0 aliphatic carbocycles. The number of piperidine rings is 1. The molecule has 1 aliphatic rings. The number of carboxylic acids is 1. The van der Waals surface area contributed by atoms with Crippen LogP contribution in [0.3, 0.4) is 0 Å². The van der Waals surface area contributed by atoms with Crippen molar-refractivity contribution in [2.24, 2.45) is 5.92 Å². The third kappa shape index (κ3) is 4.79. The molecule has 6 nitrogen and oxygen atoms in total. The fourth-order valence-corrected chi connectivity index (χ4v) is 3.22. The zero-order valence-electron chi connectivity index (χ0n) is 13.9. The molecule has 0 radical (unpaired) electrons. The number of hydrogen-bond acceptors (Lipinski definition) is 4. The van der Waals surface area contributed by atoms with Gasteiger partial charge in [0.1, 0.15) is 0 Å². The van der Waals surface area contributed by atoms with E-state index in [1.165, 1.54) is 0 Å². The second kappa shape index (κ2) is 7.77. The Balaban J connectivity index is 1.94. The van der Waals surface area contributed by atoms with Crippen LogP contribution >= 0.6 is 0 Å². The molecule has 132 valence electrons. The summed E-state index contributed by atoms with van der Waals surface area (Å²) < 4.78 is 0. The molecule has 6 heteroatoms. The Morgan fingerprint density at radius 3 is 2.50 bits per heavy atom. The smallest absolute Gasteiger partial charge is 0.304 e. The van der Waals surface area contributed by atoms with Crippen molar-refractivity contribution >= 4 is 11.9 Å². The molecule has 0 spiro atoms. The SMILES string of the molecule is Cc1cccc(CC2(O)CCN(C(=O)C(CO)CC(=O)O)CC2)c1. The monoisotopic (exact) mass is 335 g/mol. The average molecular weight is 335 g/mol. The number of aliphatic hydroxyl groups is 2. The van der Waals surface area contributed by atoms with Crippen LogP contribution in [0.5, 0.6) is 0 Å². The number of benzene rings is 1. The first-order valence-electron chi connectivity index (χ1n) is 8.22. The first-order chi connectivity index (χ1) is 11.3. The van der Waals surface area contributed by atoms with E-state index in [-0.39, 0.29) is 12.3 Å². The topological polar surface area (TPSA) is 98.1 Å². The number of aliphatic carboxylic acids is 1. The van der Waals surface area contributed by atoms with Gasteiger partial charge >= 0.3 is 5.97 Å². The molecule has 1 fully saturated rings. The summed E-state index contributed by atoms with van der Waals surface area (Å²) in [4.78, 5) is 24.6. The van der Waals surface area contributed by atoms with E-state index in [4.69, 9.17) is 5.11 Å². The Labute approximate surface area is 141 Å². The molecule has 0 saturated carbocycles. The van der Waals surface area contributed by atoms with Crippen molar-refractivity contribution in [3.8, 4) is 0 Å². The molecule has 2 rings (SSSR count).